The van der Waals surface area contributed by atoms with Gasteiger partial charge >= 0.3 is 0 Å². The third-order valence-corrected chi connectivity index (χ3v) is 3.06. The second kappa shape index (κ2) is 5.62. The van der Waals surface area contributed by atoms with Crippen LogP contribution < -0.4 is 5.73 Å². The number of benzene rings is 1. The Hall–Kier alpha value is -2.21. The number of nitro groups is 1. The topological polar surface area (TPSA) is 89.5 Å². The van der Waals surface area contributed by atoms with Crippen molar-refractivity contribution in [1.29, 1.82) is 0 Å². The highest BCUT2D eigenvalue weighted by Crippen LogP contribution is 2.13. The number of non-ortho nitro benzene ring substituents is 1. The Bertz CT molecular complexity index is 510. The number of nitrogens with zero attached hydrogens (tertiary/aromatic N) is 2. The summed E-state index contributed by atoms with van der Waals surface area (Å²) in [7, 11) is 0. The van der Waals surface area contributed by atoms with Crippen LogP contribution in [-0.2, 0) is 4.79 Å². The van der Waals surface area contributed by atoms with Crippen molar-refractivity contribution in [2.24, 2.45) is 5.73 Å². The van der Waals surface area contributed by atoms with Crippen LogP contribution in [0.15, 0.2) is 30.3 Å². The summed E-state index contributed by atoms with van der Waals surface area (Å²) in [6, 6.07) is 6.11. The van der Waals surface area contributed by atoms with E-state index in [0.717, 1.165) is 12.0 Å². The molecule has 100 valence electrons. The summed E-state index contributed by atoms with van der Waals surface area (Å²) >= 11 is 0. The van der Waals surface area contributed by atoms with Gasteiger partial charge in [0.2, 0.25) is 5.91 Å². The van der Waals surface area contributed by atoms with Crippen LogP contribution in [0, 0.1) is 10.1 Å². The Labute approximate surface area is 110 Å². The number of hydrogen-bond donors (Lipinski definition) is 1. The van der Waals surface area contributed by atoms with Crippen LogP contribution in [0.2, 0.25) is 0 Å². The van der Waals surface area contributed by atoms with Crippen LogP contribution in [0.25, 0.3) is 6.08 Å². The third-order valence-electron chi connectivity index (χ3n) is 3.06. The molecule has 0 radical (unpaired) electrons. The summed E-state index contributed by atoms with van der Waals surface area (Å²) in [6.07, 6.45) is 3.95. The van der Waals surface area contributed by atoms with Gasteiger partial charge in [0.1, 0.15) is 0 Å². The van der Waals surface area contributed by atoms with E-state index in [-0.39, 0.29) is 17.6 Å². The largest absolute Gasteiger partial charge is 0.338 e. The first-order valence-electron chi connectivity index (χ1n) is 6.03. The van der Waals surface area contributed by atoms with Crippen molar-refractivity contribution in [3.8, 4) is 0 Å². The predicted octanol–water partition coefficient (Wildman–Crippen LogP) is 1.17. The molecular formula is C13H15N3O3. The average Bonchev–Trinajstić information content (AvgIpc) is 2.83. The van der Waals surface area contributed by atoms with Crippen molar-refractivity contribution in [2.75, 3.05) is 13.1 Å². The summed E-state index contributed by atoms with van der Waals surface area (Å²) in [5, 5.41) is 10.5. The molecule has 6 nitrogen and oxygen atoms in total. The maximum absolute atomic E-state index is 11.8. The highest BCUT2D eigenvalue weighted by molar-refractivity contribution is 5.92. The van der Waals surface area contributed by atoms with Crippen LogP contribution in [0.4, 0.5) is 5.69 Å². The van der Waals surface area contributed by atoms with Gasteiger partial charge in [-0.15, -0.1) is 0 Å². The number of amides is 1. The molecule has 1 amide bonds. The maximum atomic E-state index is 11.8. The first-order valence-corrected chi connectivity index (χ1v) is 6.03. The first kappa shape index (κ1) is 13.2. The molecule has 2 rings (SSSR count). The van der Waals surface area contributed by atoms with Crippen LogP contribution in [-0.4, -0.2) is 34.9 Å². The van der Waals surface area contributed by atoms with E-state index in [1.54, 1.807) is 23.1 Å². The SMILES string of the molecule is N[C@H]1CCN(C(=O)/C=C/c2ccc([N+](=O)[O-])cc2)C1. The van der Waals surface area contributed by atoms with Gasteiger partial charge in [0.25, 0.3) is 5.69 Å². The molecule has 1 aromatic rings. The van der Waals surface area contributed by atoms with E-state index in [2.05, 4.69) is 0 Å². The zero-order chi connectivity index (χ0) is 13.8. The van der Waals surface area contributed by atoms with E-state index < -0.39 is 4.92 Å². The number of rotatable bonds is 3. The molecular weight excluding hydrogens is 246 g/mol. The molecule has 0 aromatic heterocycles. The number of carbonyl (C=O) groups is 1. The fourth-order valence-corrected chi connectivity index (χ4v) is 1.97. The van der Waals surface area contributed by atoms with Crippen molar-refractivity contribution < 1.29 is 9.72 Å². The van der Waals surface area contributed by atoms with Crippen LogP contribution in [0.5, 0.6) is 0 Å². The van der Waals surface area contributed by atoms with Gasteiger partial charge in [0.05, 0.1) is 4.92 Å². The molecule has 6 heteroatoms. The second-order valence-electron chi connectivity index (χ2n) is 4.51. The molecule has 1 fully saturated rings. The molecule has 1 atom stereocenters. The second-order valence-corrected chi connectivity index (χ2v) is 4.51. The number of hydrogen-bond acceptors (Lipinski definition) is 4. The lowest BCUT2D eigenvalue weighted by atomic mass is 10.2. The molecule has 0 unspecified atom stereocenters. The highest BCUT2D eigenvalue weighted by Gasteiger charge is 2.21. The molecule has 0 spiro atoms. The molecule has 1 saturated heterocycles. The van der Waals surface area contributed by atoms with E-state index in [1.807, 2.05) is 0 Å². The summed E-state index contributed by atoms with van der Waals surface area (Å²) in [5.74, 6) is -0.0775. The quantitative estimate of drug-likeness (QED) is 0.502. The standard InChI is InChI=1S/C13H15N3O3/c14-11-7-8-15(9-11)13(17)6-3-10-1-4-12(5-2-10)16(18)19/h1-6,11H,7-9,14H2/b6-3+/t11-/m0/s1. The molecule has 1 aliphatic heterocycles. The Morgan fingerprint density at radius 3 is 2.63 bits per heavy atom. The monoisotopic (exact) mass is 261 g/mol. The zero-order valence-corrected chi connectivity index (χ0v) is 10.4. The van der Waals surface area contributed by atoms with Gasteiger partial charge in [-0.05, 0) is 30.2 Å². The van der Waals surface area contributed by atoms with Crippen LogP contribution in [0.3, 0.4) is 0 Å². The summed E-state index contributed by atoms with van der Waals surface area (Å²) in [4.78, 5) is 23.6. The molecule has 2 N–H and O–H groups in total. The Morgan fingerprint density at radius 2 is 2.11 bits per heavy atom. The Morgan fingerprint density at radius 1 is 1.42 bits per heavy atom. The van der Waals surface area contributed by atoms with Gasteiger partial charge in [-0.1, -0.05) is 0 Å². The van der Waals surface area contributed by atoms with E-state index in [9.17, 15) is 14.9 Å². The Balaban J connectivity index is 1.98. The van der Waals surface area contributed by atoms with E-state index >= 15 is 0 Å². The summed E-state index contributed by atoms with van der Waals surface area (Å²) in [6.45, 7) is 1.27. The number of nitrogens with two attached hydrogens (primary N) is 1. The normalized spacial score (nSPS) is 19.0. The zero-order valence-electron chi connectivity index (χ0n) is 10.4. The Kier molecular flexibility index (Phi) is 3.91. The smallest absolute Gasteiger partial charge is 0.269 e. The molecule has 0 aliphatic carbocycles. The summed E-state index contributed by atoms with van der Waals surface area (Å²) < 4.78 is 0. The van der Waals surface area contributed by atoms with Crippen LogP contribution in [0.1, 0.15) is 12.0 Å². The van der Waals surface area contributed by atoms with E-state index in [4.69, 9.17) is 5.73 Å². The predicted molar refractivity (Wildman–Crippen MR) is 71.3 cm³/mol. The fraction of sp³-hybridized carbons (Fsp3) is 0.308. The van der Waals surface area contributed by atoms with Crippen molar-refractivity contribution >= 4 is 17.7 Å². The van der Waals surface area contributed by atoms with Gasteiger partial charge in [-0.25, -0.2) is 0 Å². The van der Waals surface area contributed by atoms with Crippen molar-refractivity contribution in [1.82, 2.24) is 4.90 Å². The lowest BCUT2D eigenvalue weighted by molar-refractivity contribution is -0.384. The van der Waals surface area contributed by atoms with Gasteiger partial charge in [-0.2, -0.15) is 0 Å². The summed E-state index contributed by atoms with van der Waals surface area (Å²) in [5.41, 5.74) is 6.52. The minimum Gasteiger partial charge on any atom is -0.338 e. The molecule has 19 heavy (non-hydrogen) atoms. The van der Waals surface area contributed by atoms with E-state index in [1.165, 1.54) is 18.2 Å². The van der Waals surface area contributed by atoms with Crippen molar-refractivity contribution in [2.45, 2.75) is 12.5 Å². The van der Waals surface area contributed by atoms with Gasteiger partial charge in [-0.3, -0.25) is 14.9 Å². The first-order chi connectivity index (χ1) is 9.06. The molecule has 0 saturated carbocycles. The van der Waals surface area contributed by atoms with Crippen molar-refractivity contribution in [3.63, 3.8) is 0 Å². The van der Waals surface area contributed by atoms with Gasteiger partial charge in [0, 0.05) is 37.3 Å². The molecule has 1 aliphatic rings. The molecule has 1 heterocycles. The average molecular weight is 261 g/mol. The minimum atomic E-state index is -0.454. The molecule has 1 aromatic carbocycles. The maximum Gasteiger partial charge on any atom is 0.269 e. The third kappa shape index (κ3) is 3.38. The van der Waals surface area contributed by atoms with Gasteiger partial charge in [0.15, 0.2) is 0 Å². The number of carbonyl (C=O) groups excluding carboxylic acids is 1. The minimum absolute atomic E-state index is 0.0361. The number of nitro benzene ring substituents is 1. The van der Waals surface area contributed by atoms with Crippen molar-refractivity contribution in [3.05, 3.63) is 46.0 Å². The lowest BCUT2D eigenvalue weighted by Gasteiger charge is -2.12. The number of likely N-dealkylation sites (tertiary alicyclic amines) is 1. The molecule has 0 bridgehead atoms. The lowest BCUT2D eigenvalue weighted by Crippen LogP contribution is -2.30. The fourth-order valence-electron chi connectivity index (χ4n) is 1.97. The van der Waals surface area contributed by atoms with Crippen LogP contribution >= 0.6 is 0 Å². The van der Waals surface area contributed by atoms with E-state index in [0.29, 0.717) is 13.1 Å². The van der Waals surface area contributed by atoms with Gasteiger partial charge < -0.3 is 10.6 Å². The highest BCUT2D eigenvalue weighted by atomic mass is 16.6.